The standard InChI is InChI=1S/C27H26ClN3O3S/c1-4-31-26(32)24(35-27(31)30-25-8-6-7-18(3)29-25)16-20-11-14-22(23(15-20)33-5-2)34-17-19-9-12-21(28)13-10-19/h6-16H,4-5,17H2,1-3H3/b24-16-,30-27+. The van der Waals surface area contributed by atoms with E-state index in [-0.39, 0.29) is 5.91 Å². The Labute approximate surface area is 214 Å². The van der Waals surface area contributed by atoms with E-state index < -0.39 is 0 Å². The van der Waals surface area contributed by atoms with E-state index in [2.05, 4.69) is 9.98 Å². The Balaban J connectivity index is 1.56. The molecule has 1 amide bonds. The molecule has 0 aliphatic carbocycles. The Bertz CT molecular complexity index is 1270. The molecule has 0 N–H and O–H groups in total. The van der Waals surface area contributed by atoms with Crippen LogP contribution in [0.3, 0.4) is 0 Å². The maximum atomic E-state index is 13.0. The lowest BCUT2D eigenvalue weighted by Gasteiger charge is -2.13. The maximum absolute atomic E-state index is 13.0. The summed E-state index contributed by atoms with van der Waals surface area (Å²) in [5.41, 5.74) is 2.72. The second kappa shape index (κ2) is 11.4. The number of carbonyl (C=O) groups excluding carboxylic acids is 1. The normalized spacial score (nSPS) is 15.8. The molecule has 180 valence electrons. The molecule has 35 heavy (non-hydrogen) atoms. The van der Waals surface area contributed by atoms with Crippen molar-refractivity contribution in [3.05, 3.63) is 87.4 Å². The summed E-state index contributed by atoms with van der Waals surface area (Å²) in [6.45, 7) is 7.18. The number of aromatic nitrogens is 1. The third-order valence-corrected chi connectivity index (χ3v) is 6.42. The summed E-state index contributed by atoms with van der Waals surface area (Å²) in [4.78, 5) is 24.3. The number of aryl methyl sites for hydroxylation is 1. The molecule has 2 heterocycles. The van der Waals surface area contributed by atoms with Crippen LogP contribution in [0.2, 0.25) is 5.02 Å². The number of ether oxygens (including phenoxy) is 2. The molecule has 6 nitrogen and oxygen atoms in total. The van der Waals surface area contributed by atoms with E-state index in [9.17, 15) is 4.79 Å². The van der Waals surface area contributed by atoms with Gasteiger partial charge >= 0.3 is 0 Å². The first-order valence-corrected chi connectivity index (χ1v) is 12.5. The monoisotopic (exact) mass is 507 g/mol. The molecule has 2 aromatic carbocycles. The minimum Gasteiger partial charge on any atom is -0.490 e. The molecule has 1 aromatic heterocycles. The number of thioether (sulfide) groups is 1. The third kappa shape index (κ3) is 6.24. The number of benzene rings is 2. The lowest BCUT2D eigenvalue weighted by atomic mass is 10.1. The van der Waals surface area contributed by atoms with Crippen molar-refractivity contribution in [2.75, 3.05) is 13.2 Å². The Morgan fingerprint density at radius 1 is 1.06 bits per heavy atom. The molecule has 0 bridgehead atoms. The number of aliphatic imine (C=N–C) groups is 1. The number of likely N-dealkylation sites (N-methyl/N-ethyl adjacent to an activating group) is 1. The topological polar surface area (TPSA) is 64.0 Å². The largest absolute Gasteiger partial charge is 0.490 e. The number of nitrogens with zero attached hydrogens (tertiary/aromatic N) is 3. The van der Waals surface area contributed by atoms with Crippen LogP contribution in [-0.2, 0) is 11.4 Å². The lowest BCUT2D eigenvalue weighted by molar-refractivity contribution is -0.122. The molecule has 4 rings (SSSR count). The Kier molecular flexibility index (Phi) is 8.10. The van der Waals surface area contributed by atoms with Crippen LogP contribution in [0.4, 0.5) is 5.82 Å². The number of rotatable bonds is 8. The van der Waals surface area contributed by atoms with Crippen LogP contribution >= 0.6 is 23.4 Å². The number of amides is 1. The van der Waals surface area contributed by atoms with Gasteiger partial charge in [-0.25, -0.2) is 9.98 Å². The van der Waals surface area contributed by atoms with Crippen LogP contribution in [-0.4, -0.2) is 34.1 Å². The second-order valence-corrected chi connectivity index (χ2v) is 9.19. The zero-order chi connectivity index (χ0) is 24.8. The number of halogens is 1. The van der Waals surface area contributed by atoms with Gasteiger partial charge in [0, 0.05) is 17.3 Å². The molecule has 1 saturated heterocycles. The van der Waals surface area contributed by atoms with Crippen molar-refractivity contribution in [1.29, 1.82) is 0 Å². The average Bonchev–Trinajstić information content (AvgIpc) is 3.13. The summed E-state index contributed by atoms with van der Waals surface area (Å²) < 4.78 is 11.8. The fourth-order valence-electron chi connectivity index (χ4n) is 3.45. The van der Waals surface area contributed by atoms with Crippen molar-refractivity contribution < 1.29 is 14.3 Å². The number of hydrogen-bond donors (Lipinski definition) is 0. The molecule has 1 fully saturated rings. The zero-order valence-electron chi connectivity index (χ0n) is 19.8. The minimum absolute atomic E-state index is 0.0788. The summed E-state index contributed by atoms with van der Waals surface area (Å²) in [5, 5.41) is 1.31. The smallest absolute Gasteiger partial charge is 0.266 e. The molecule has 8 heteroatoms. The summed E-state index contributed by atoms with van der Waals surface area (Å²) in [6, 6.07) is 18.8. The van der Waals surface area contributed by atoms with Crippen LogP contribution < -0.4 is 9.47 Å². The Hall–Kier alpha value is -3.29. The van der Waals surface area contributed by atoms with E-state index in [0.717, 1.165) is 16.8 Å². The highest BCUT2D eigenvalue weighted by Crippen LogP contribution is 2.36. The van der Waals surface area contributed by atoms with Crippen LogP contribution in [0.15, 0.2) is 70.6 Å². The molecule has 0 saturated carbocycles. The van der Waals surface area contributed by atoms with Crippen LogP contribution in [0, 0.1) is 6.92 Å². The van der Waals surface area contributed by atoms with E-state index in [4.69, 9.17) is 21.1 Å². The quantitative estimate of drug-likeness (QED) is 0.319. The fourth-order valence-corrected chi connectivity index (χ4v) is 4.63. The van der Waals surface area contributed by atoms with Crippen LogP contribution in [0.5, 0.6) is 11.5 Å². The van der Waals surface area contributed by atoms with Gasteiger partial charge in [-0.1, -0.05) is 35.9 Å². The summed E-state index contributed by atoms with van der Waals surface area (Å²) in [5.74, 6) is 1.76. The van der Waals surface area contributed by atoms with Crippen molar-refractivity contribution in [3.8, 4) is 11.5 Å². The molecule has 1 aliphatic rings. The van der Waals surface area contributed by atoms with Gasteiger partial charge in [-0.2, -0.15) is 0 Å². The van der Waals surface area contributed by atoms with E-state index in [1.54, 1.807) is 4.90 Å². The highest BCUT2D eigenvalue weighted by atomic mass is 35.5. The van der Waals surface area contributed by atoms with Gasteiger partial charge in [-0.05, 0) is 86.1 Å². The van der Waals surface area contributed by atoms with Gasteiger partial charge in [-0.15, -0.1) is 0 Å². The average molecular weight is 508 g/mol. The fraction of sp³-hybridized carbons (Fsp3) is 0.222. The number of amidine groups is 1. The molecular weight excluding hydrogens is 482 g/mol. The predicted molar refractivity (Wildman–Crippen MR) is 142 cm³/mol. The minimum atomic E-state index is -0.0788. The van der Waals surface area contributed by atoms with Crippen molar-refractivity contribution in [1.82, 2.24) is 9.88 Å². The summed E-state index contributed by atoms with van der Waals surface area (Å²) >= 11 is 7.30. The Morgan fingerprint density at radius 3 is 2.57 bits per heavy atom. The number of pyridine rings is 1. The molecular formula is C27H26ClN3O3S. The van der Waals surface area contributed by atoms with Crippen LogP contribution in [0.25, 0.3) is 6.08 Å². The van der Waals surface area contributed by atoms with Crippen LogP contribution in [0.1, 0.15) is 30.7 Å². The van der Waals surface area contributed by atoms with Gasteiger partial charge < -0.3 is 9.47 Å². The first-order chi connectivity index (χ1) is 17.0. The maximum Gasteiger partial charge on any atom is 0.266 e. The summed E-state index contributed by atoms with van der Waals surface area (Å²) in [6.07, 6.45) is 1.85. The van der Waals surface area contributed by atoms with E-state index in [0.29, 0.717) is 52.2 Å². The highest BCUT2D eigenvalue weighted by Gasteiger charge is 2.32. The van der Waals surface area contributed by atoms with E-state index in [1.165, 1.54) is 11.8 Å². The molecule has 0 atom stereocenters. The molecule has 3 aromatic rings. The highest BCUT2D eigenvalue weighted by molar-refractivity contribution is 8.18. The van der Waals surface area contributed by atoms with E-state index >= 15 is 0 Å². The second-order valence-electron chi connectivity index (χ2n) is 7.75. The SMILES string of the molecule is CCOc1cc(/C=C2\S/C(=N/c3cccc(C)n3)N(CC)C2=O)ccc1OCc1ccc(Cl)cc1. The summed E-state index contributed by atoms with van der Waals surface area (Å²) in [7, 11) is 0. The van der Waals surface area contributed by atoms with Gasteiger partial charge in [-0.3, -0.25) is 9.69 Å². The van der Waals surface area contributed by atoms with Gasteiger partial charge in [0.1, 0.15) is 6.61 Å². The molecule has 0 spiro atoms. The first kappa shape index (κ1) is 24.8. The van der Waals surface area contributed by atoms with Crippen molar-refractivity contribution in [2.45, 2.75) is 27.4 Å². The van der Waals surface area contributed by atoms with Gasteiger partial charge in [0.25, 0.3) is 5.91 Å². The van der Waals surface area contributed by atoms with Crippen molar-refractivity contribution >= 4 is 46.3 Å². The van der Waals surface area contributed by atoms with Crippen molar-refractivity contribution in [2.24, 2.45) is 4.99 Å². The first-order valence-electron chi connectivity index (χ1n) is 11.3. The lowest BCUT2D eigenvalue weighted by Crippen LogP contribution is -2.28. The molecule has 0 radical (unpaired) electrons. The third-order valence-electron chi connectivity index (χ3n) is 5.16. The predicted octanol–water partition coefficient (Wildman–Crippen LogP) is 6.65. The van der Waals surface area contributed by atoms with Gasteiger partial charge in [0.2, 0.25) is 0 Å². The van der Waals surface area contributed by atoms with Gasteiger partial charge in [0.05, 0.1) is 11.5 Å². The van der Waals surface area contributed by atoms with E-state index in [1.807, 2.05) is 87.5 Å². The Morgan fingerprint density at radius 2 is 1.86 bits per heavy atom. The zero-order valence-corrected chi connectivity index (χ0v) is 21.4. The molecule has 0 unspecified atom stereocenters. The number of carbonyl (C=O) groups is 1. The molecule has 1 aliphatic heterocycles. The van der Waals surface area contributed by atoms with Crippen molar-refractivity contribution in [3.63, 3.8) is 0 Å². The number of hydrogen-bond acceptors (Lipinski definition) is 6. The van der Waals surface area contributed by atoms with Gasteiger partial charge in [0.15, 0.2) is 22.5 Å².